The van der Waals surface area contributed by atoms with Crippen LogP contribution in [-0.4, -0.2) is 52.1 Å². The molecule has 3 heterocycles. The summed E-state index contributed by atoms with van der Waals surface area (Å²) in [5.41, 5.74) is 4.63. The number of rotatable bonds is 6. The summed E-state index contributed by atoms with van der Waals surface area (Å²) in [5, 5.41) is 0.390. The molecule has 2 aliphatic heterocycles. The Morgan fingerprint density at radius 3 is 2.83 bits per heavy atom. The first-order chi connectivity index (χ1) is 17.2. The first-order valence-corrected chi connectivity index (χ1v) is 13.7. The summed E-state index contributed by atoms with van der Waals surface area (Å²) in [4.78, 5) is 9.18. The normalized spacial score (nSPS) is 15.6. The molecule has 1 N–H and O–H groups in total. The van der Waals surface area contributed by atoms with E-state index in [-0.39, 0.29) is 17.4 Å². The molecule has 10 heteroatoms. The van der Waals surface area contributed by atoms with Gasteiger partial charge in [0.15, 0.2) is 0 Å². The fourth-order valence-electron chi connectivity index (χ4n) is 4.49. The van der Waals surface area contributed by atoms with E-state index in [1.807, 2.05) is 38.4 Å². The Morgan fingerprint density at radius 2 is 2.00 bits per heavy atom. The van der Waals surface area contributed by atoms with Crippen LogP contribution in [0.2, 0.25) is 5.02 Å². The highest BCUT2D eigenvalue weighted by Gasteiger charge is 2.24. The minimum atomic E-state index is -3.92. The van der Waals surface area contributed by atoms with E-state index in [1.165, 1.54) is 6.07 Å². The van der Waals surface area contributed by atoms with Crippen molar-refractivity contribution in [2.45, 2.75) is 31.4 Å². The van der Waals surface area contributed by atoms with Crippen molar-refractivity contribution in [3.05, 3.63) is 69.9 Å². The van der Waals surface area contributed by atoms with Crippen LogP contribution in [0.3, 0.4) is 0 Å². The number of benzene rings is 2. The third-order valence-corrected chi connectivity index (χ3v) is 8.49. The number of hydrogen-bond acceptors (Lipinski definition) is 7. The second-order valence-corrected chi connectivity index (χ2v) is 11.3. The molecule has 36 heavy (non-hydrogen) atoms. The molecule has 5 rings (SSSR count). The maximum absolute atomic E-state index is 13.3. The highest BCUT2D eigenvalue weighted by Crippen LogP contribution is 2.34. The van der Waals surface area contributed by atoms with E-state index in [9.17, 15) is 8.42 Å². The summed E-state index contributed by atoms with van der Waals surface area (Å²) in [6.07, 6.45) is 0.767. The van der Waals surface area contributed by atoms with Crippen LogP contribution >= 0.6 is 11.6 Å². The van der Waals surface area contributed by atoms with Crippen LogP contribution in [0.15, 0.2) is 47.4 Å². The Hall–Kier alpha value is -3.01. The van der Waals surface area contributed by atoms with Crippen molar-refractivity contribution in [2.24, 2.45) is 0 Å². The summed E-state index contributed by atoms with van der Waals surface area (Å²) >= 11 is 6.20. The molecule has 0 saturated carbocycles. The first-order valence-electron chi connectivity index (χ1n) is 11.8. The highest BCUT2D eigenvalue weighted by atomic mass is 35.5. The zero-order chi connectivity index (χ0) is 25.4. The van der Waals surface area contributed by atoms with Gasteiger partial charge in [0, 0.05) is 31.6 Å². The number of ether oxygens (including phenoxy) is 2. The van der Waals surface area contributed by atoms with E-state index in [1.54, 1.807) is 19.1 Å². The lowest BCUT2D eigenvalue weighted by molar-refractivity contribution is 0.285. The monoisotopic (exact) mass is 528 g/mol. The zero-order valence-corrected chi connectivity index (χ0v) is 22.1. The van der Waals surface area contributed by atoms with Gasteiger partial charge in [0.25, 0.3) is 10.0 Å². The molecular weight excluding hydrogens is 500 g/mol. The van der Waals surface area contributed by atoms with Gasteiger partial charge in [0.1, 0.15) is 24.7 Å². The molecule has 0 unspecified atom stereocenters. The van der Waals surface area contributed by atoms with Crippen molar-refractivity contribution < 1.29 is 17.9 Å². The van der Waals surface area contributed by atoms with Crippen molar-refractivity contribution in [3.8, 4) is 11.6 Å². The molecule has 0 amide bonds. The number of pyridine rings is 1. The van der Waals surface area contributed by atoms with Crippen LogP contribution < -0.4 is 19.1 Å². The second-order valence-electron chi connectivity index (χ2n) is 9.26. The van der Waals surface area contributed by atoms with Gasteiger partial charge in [0.05, 0.1) is 22.8 Å². The van der Waals surface area contributed by atoms with Gasteiger partial charge in [-0.2, -0.15) is 0 Å². The second kappa shape index (κ2) is 9.80. The van der Waals surface area contributed by atoms with Gasteiger partial charge in [-0.05, 0) is 61.0 Å². The molecule has 0 spiro atoms. The summed E-state index contributed by atoms with van der Waals surface area (Å²) < 4.78 is 41.3. The van der Waals surface area contributed by atoms with Crippen molar-refractivity contribution in [3.63, 3.8) is 0 Å². The summed E-state index contributed by atoms with van der Waals surface area (Å²) in [6.45, 7) is 4.95. The molecule has 2 aromatic carbocycles. The number of nitrogens with one attached hydrogen (secondary N) is 1. The number of hydrogen-bond donors (Lipinski definition) is 1. The number of aromatic nitrogens is 1. The Labute approximate surface area is 216 Å². The quantitative estimate of drug-likeness (QED) is 0.512. The third kappa shape index (κ3) is 4.96. The van der Waals surface area contributed by atoms with Gasteiger partial charge in [-0.1, -0.05) is 23.7 Å². The molecule has 3 aromatic rings. The number of halogens is 1. The average molecular weight is 529 g/mol. The lowest BCUT2D eigenvalue weighted by Crippen LogP contribution is -2.28. The number of sulfonamides is 1. The maximum atomic E-state index is 13.3. The van der Waals surface area contributed by atoms with Gasteiger partial charge >= 0.3 is 0 Å². The van der Waals surface area contributed by atoms with Crippen LogP contribution in [0.25, 0.3) is 0 Å². The predicted molar refractivity (Wildman–Crippen MR) is 141 cm³/mol. The van der Waals surface area contributed by atoms with Crippen molar-refractivity contribution in [2.75, 3.05) is 43.4 Å². The average Bonchev–Trinajstić information content (AvgIpc) is 2.84. The minimum absolute atomic E-state index is 0.119. The summed E-state index contributed by atoms with van der Waals surface area (Å²) in [5.74, 6) is 1.10. The molecule has 8 nitrogen and oxygen atoms in total. The Balaban J connectivity index is 1.47. The fraction of sp³-hybridized carbons (Fsp3) is 0.346. The zero-order valence-electron chi connectivity index (χ0n) is 20.5. The number of fused-ring (bicyclic) bond motifs is 2. The van der Waals surface area contributed by atoms with Crippen LogP contribution in [0.1, 0.15) is 22.4 Å². The standard InChI is InChI=1S/C26H29ClN4O4S/c1-17-20(27)5-4-6-25(17)36(32,33)29-22-14-19-15-30(2)10-9-21(19)28-26(22)35-16-18-7-8-24-23(13-18)31(3)11-12-34-24/h4-8,13-14,29H,9-12,15-16H2,1-3H3. The fourth-order valence-corrected chi connectivity index (χ4v) is 6.04. The molecule has 0 bridgehead atoms. The lowest BCUT2D eigenvalue weighted by Gasteiger charge is -2.28. The van der Waals surface area contributed by atoms with E-state index in [0.29, 0.717) is 29.4 Å². The third-order valence-electron chi connectivity index (χ3n) is 6.57. The van der Waals surface area contributed by atoms with Gasteiger partial charge < -0.3 is 19.3 Å². The van der Waals surface area contributed by atoms with E-state index in [2.05, 4.69) is 14.5 Å². The smallest absolute Gasteiger partial charge is 0.262 e. The lowest BCUT2D eigenvalue weighted by atomic mass is 10.1. The van der Waals surface area contributed by atoms with Crippen LogP contribution in [-0.2, 0) is 29.6 Å². The summed E-state index contributed by atoms with van der Waals surface area (Å²) in [7, 11) is 0.135. The number of nitrogens with zero attached hydrogens (tertiary/aromatic N) is 3. The predicted octanol–water partition coefficient (Wildman–Crippen LogP) is 4.24. The van der Waals surface area contributed by atoms with Crippen molar-refractivity contribution >= 4 is 33.0 Å². The Morgan fingerprint density at radius 1 is 1.17 bits per heavy atom. The maximum Gasteiger partial charge on any atom is 0.262 e. The molecular formula is C26H29ClN4O4S. The van der Waals surface area contributed by atoms with E-state index < -0.39 is 10.0 Å². The van der Waals surface area contributed by atoms with Gasteiger partial charge in [0.2, 0.25) is 5.88 Å². The topological polar surface area (TPSA) is 84.0 Å². The SMILES string of the molecule is Cc1c(Cl)cccc1S(=O)(=O)Nc1cc2c(nc1OCc1ccc3c(c1)N(C)CCO3)CCN(C)C2. The van der Waals surface area contributed by atoms with Crippen molar-refractivity contribution in [1.82, 2.24) is 9.88 Å². The molecule has 1 aromatic heterocycles. The number of likely N-dealkylation sites (N-methyl/N-ethyl adjacent to an activating group) is 2. The molecule has 0 aliphatic carbocycles. The molecule has 0 saturated heterocycles. The van der Waals surface area contributed by atoms with E-state index in [0.717, 1.165) is 47.8 Å². The minimum Gasteiger partial charge on any atom is -0.490 e. The van der Waals surface area contributed by atoms with Gasteiger partial charge in [-0.15, -0.1) is 0 Å². The largest absolute Gasteiger partial charge is 0.490 e. The summed E-state index contributed by atoms with van der Waals surface area (Å²) in [6, 6.07) is 12.6. The van der Waals surface area contributed by atoms with E-state index in [4.69, 9.17) is 26.1 Å². The molecule has 2 aliphatic rings. The Kier molecular flexibility index (Phi) is 6.72. The molecule has 0 atom stereocenters. The molecule has 190 valence electrons. The highest BCUT2D eigenvalue weighted by molar-refractivity contribution is 7.92. The van der Waals surface area contributed by atoms with Crippen LogP contribution in [0, 0.1) is 6.92 Å². The van der Waals surface area contributed by atoms with Crippen molar-refractivity contribution in [1.29, 1.82) is 0 Å². The van der Waals surface area contributed by atoms with E-state index >= 15 is 0 Å². The van der Waals surface area contributed by atoms with Crippen LogP contribution in [0.5, 0.6) is 11.6 Å². The molecule has 0 fully saturated rings. The molecule has 0 radical (unpaired) electrons. The van der Waals surface area contributed by atoms with Gasteiger partial charge in [-0.3, -0.25) is 4.72 Å². The first kappa shape index (κ1) is 24.7. The van der Waals surface area contributed by atoms with Crippen LogP contribution in [0.4, 0.5) is 11.4 Å². The Bertz CT molecular complexity index is 1410. The number of anilines is 2. The van der Waals surface area contributed by atoms with Gasteiger partial charge in [-0.25, -0.2) is 13.4 Å².